The first-order chi connectivity index (χ1) is 37.5. The lowest BCUT2D eigenvalue weighted by Crippen LogP contribution is -2.46. The van der Waals surface area contributed by atoms with Crippen LogP contribution in [0.25, 0.3) is 22.5 Å². The van der Waals surface area contributed by atoms with Gasteiger partial charge in [0, 0.05) is 58.7 Å². The number of likely N-dealkylation sites (tertiary alicyclic amines) is 1. The number of nitrogens with zero attached hydrogens (tertiary/aromatic N) is 11. The highest BCUT2D eigenvalue weighted by atomic mass is 16.2. The number of aromatic nitrogens is 9. The SMILES string of the molecule is C.C.C.C.CC(C)(C)C1CC(=O)N(C(C)(C)C)C1=O.CC(C)(C)NCCC(=O)N1Cc2ccccc2-c2c(nnn2C(C)(C)C)-c2ccccc21.CC(C)(C)NC[C@H]1[C@@H]2CCc3c(nnn3C(C)(C)C)CC[C@@H]21.CC(C)(C)c1cn(C(C)(C)C)nn1. The van der Waals surface area contributed by atoms with Gasteiger partial charge in [0.15, 0.2) is 0 Å². The first-order valence-electron chi connectivity index (χ1n) is 30.2. The van der Waals surface area contributed by atoms with Crippen molar-refractivity contribution in [2.75, 3.05) is 18.0 Å². The number of fused-ring (bicyclic) bond motifs is 7. The van der Waals surface area contributed by atoms with Gasteiger partial charge in [-0.05, 0) is 192 Å². The fraction of sp³-hybridized carbons (Fsp3) is 0.700. The fourth-order valence-electron chi connectivity index (χ4n) is 11.1. The van der Waals surface area contributed by atoms with Gasteiger partial charge in [-0.2, -0.15) is 0 Å². The van der Waals surface area contributed by atoms with Crippen molar-refractivity contribution in [3.63, 3.8) is 0 Å². The highest BCUT2D eigenvalue weighted by molar-refractivity contribution is 6.04. The van der Waals surface area contributed by atoms with E-state index in [0.29, 0.717) is 25.9 Å². The molecule has 9 rings (SSSR count). The molecule has 16 nitrogen and oxygen atoms in total. The van der Waals surface area contributed by atoms with E-state index in [1.54, 1.807) is 0 Å². The molecule has 0 bridgehead atoms. The second kappa shape index (κ2) is 28.3. The molecule has 5 heterocycles. The van der Waals surface area contributed by atoms with Crippen LogP contribution in [0.3, 0.4) is 0 Å². The van der Waals surface area contributed by atoms with Crippen LogP contribution in [-0.4, -0.2) is 97.3 Å². The molecule has 4 atom stereocenters. The van der Waals surface area contributed by atoms with E-state index < -0.39 is 5.54 Å². The molecule has 2 fully saturated rings. The van der Waals surface area contributed by atoms with E-state index in [0.717, 1.165) is 70.1 Å². The van der Waals surface area contributed by atoms with Crippen LogP contribution >= 0.6 is 0 Å². The molecule has 2 aromatic carbocycles. The summed E-state index contributed by atoms with van der Waals surface area (Å²) in [6.45, 7) is 53.0. The number of carbonyl (C=O) groups is 3. The Bertz CT molecular complexity index is 2970. The summed E-state index contributed by atoms with van der Waals surface area (Å²) in [6, 6.07) is 16.3. The number of hydrogen-bond acceptors (Lipinski definition) is 11. The standard InChI is InChI=1S/C26H33N5O.C18H32N4.C12H21NO2.C10H19N3.4CH4/c1-25(2,3)27-16-15-22(32)30-17-18-11-7-8-12-19(18)24-23(20-13-9-10-14-21(20)30)28-29-31(24)26(4,5)6;1-17(2,3)19-11-14-12-7-9-15-16(10-8-13(12)14)22(21-20-15)18(4,5)6;1-11(2,3)8-7-9(14)13(10(8)15)12(4,5)6;1-9(2,3)8-7-13(12-11-8)10(4,5)6;;;;/h7-14,27H,15-17H2,1-6H3;12-14,19H,7-11H2,1-6H3;8H,7H2,1-6H3;7H,1-6H3;4*1H4/t;12-,13+,14+;;;;;;/m.0....../s1. The molecule has 4 aliphatic rings. The van der Waals surface area contributed by atoms with Crippen molar-refractivity contribution >= 4 is 23.4 Å². The Morgan fingerprint density at radius 2 is 1.13 bits per heavy atom. The molecule has 0 spiro atoms. The van der Waals surface area contributed by atoms with E-state index in [-0.39, 0.29) is 91.9 Å². The lowest BCUT2D eigenvalue weighted by molar-refractivity contribution is -0.145. The van der Waals surface area contributed by atoms with Gasteiger partial charge in [0.25, 0.3) is 0 Å². The molecule has 0 radical (unpaired) electrons. The lowest BCUT2D eigenvalue weighted by atomic mass is 9.80. The summed E-state index contributed by atoms with van der Waals surface area (Å²) >= 11 is 0. The molecule has 5 aromatic rings. The van der Waals surface area contributed by atoms with Crippen molar-refractivity contribution in [1.29, 1.82) is 0 Å². The number of hydrogen-bond donors (Lipinski definition) is 2. The number of carbonyl (C=O) groups excluding carboxylic acids is 3. The Labute approximate surface area is 522 Å². The van der Waals surface area contributed by atoms with Crippen molar-refractivity contribution in [2.24, 2.45) is 29.1 Å². The molecule has 484 valence electrons. The second-order valence-corrected chi connectivity index (χ2v) is 31.5. The van der Waals surface area contributed by atoms with Crippen molar-refractivity contribution in [3.8, 4) is 22.5 Å². The maximum atomic E-state index is 13.4. The van der Waals surface area contributed by atoms with Crippen molar-refractivity contribution in [3.05, 3.63) is 77.4 Å². The Hall–Kier alpha value is -5.61. The predicted molar refractivity (Wildman–Crippen MR) is 359 cm³/mol. The zero-order valence-corrected chi connectivity index (χ0v) is 55.0. The number of para-hydroxylation sites is 1. The smallest absolute Gasteiger partial charge is 0.233 e. The van der Waals surface area contributed by atoms with Crippen LogP contribution in [0.5, 0.6) is 0 Å². The van der Waals surface area contributed by atoms with E-state index in [1.807, 2.05) is 98.4 Å². The number of rotatable bonds is 5. The molecule has 2 aliphatic heterocycles. The fourth-order valence-corrected chi connectivity index (χ4v) is 11.1. The average molecular weight is 1190 g/mol. The van der Waals surface area contributed by atoms with E-state index in [4.69, 9.17) is 0 Å². The zero-order valence-electron chi connectivity index (χ0n) is 55.0. The topological polar surface area (TPSA) is 174 Å². The quantitative estimate of drug-likeness (QED) is 0.160. The minimum Gasteiger partial charge on any atom is -0.312 e. The monoisotopic (exact) mass is 1190 g/mol. The summed E-state index contributed by atoms with van der Waals surface area (Å²) in [5, 5.41) is 33.5. The molecule has 2 N–H and O–H groups in total. The van der Waals surface area contributed by atoms with Gasteiger partial charge in [-0.1, -0.05) is 129 Å². The highest BCUT2D eigenvalue weighted by Gasteiger charge is 2.50. The zero-order chi connectivity index (χ0) is 61.5. The van der Waals surface area contributed by atoms with Crippen molar-refractivity contribution in [2.45, 2.75) is 280 Å². The van der Waals surface area contributed by atoms with E-state index in [1.165, 1.54) is 35.7 Å². The minimum absolute atomic E-state index is 0. The van der Waals surface area contributed by atoms with Crippen LogP contribution in [0.1, 0.15) is 244 Å². The summed E-state index contributed by atoms with van der Waals surface area (Å²) in [6.07, 6.45) is 7.66. The second-order valence-electron chi connectivity index (χ2n) is 31.5. The number of anilines is 1. The first-order valence-corrected chi connectivity index (χ1v) is 30.2. The summed E-state index contributed by atoms with van der Waals surface area (Å²) in [5.74, 6) is 2.57. The first kappa shape index (κ1) is 76.5. The van der Waals surface area contributed by atoms with Crippen LogP contribution in [0.4, 0.5) is 5.69 Å². The van der Waals surface area contributed by atoms with Gasteiger partial charge in [0.1, 0.15) is 5.69 Å². The third-order valence-electron chi connectivity index (χ3n) is 15.7. The van der Waals surface area contributed by atoms with Crippen LogP contribution < -0.4 is 15.5 Å². The lowest BCUT2D eigenvalue weighted by Gasteiger charge is -2.32. The Morgan fingerprint density at radius 3 is 1.60 bits per heavy atom. The summed E-state index contributed by atoms with van der Waals surface area (Å²) < 4.78 is 6.07. The van der Waals surface area contributed by atoms with Gasteiger partial charge in [-0.3, -0.25) is 19.3 Å². The van der Waals surface area contributed by atoms with E-state index in [2.05, 4.69) is 183 Å². The maximum absolute atomic E-state index is 13.4. The number of imide groups is 1. The van der Waals surface area contributed by atoms with Crippen LogP contribution in [0, 0.1) is 29.1 Å². The molecule has 3 amide bonds. The van der Waals surface area contributed by atoms with Gasteiger partial charge in [0.05, 0.1) is 57.5 Å². The summed E-state index contributed by atoms with van der Waals surface area (Å²) in [5.41, 5.74) is 9.08. The van der Waals surface area contributed by atoms with Crippen LogP contribution in [0.15, 0.2) is 54.7 Å². The van der Waals surface area contributed by atoms with Gasteiger partial charge in [0.2, 0.25) is 17.7 Å². The van der Waals surface area contributed by atoms with Gasteiger partial charge >= 0.3 is 0 Å². The van der Waals surface area contributed by atoms with Crippen molar-refractivity contribution < 1.29 is 14.4 Å². The van der Waals surface area contributed by atoms with Crippen LogP contribution in [0.2, 0.25) is 0 Å². The normalized spacial score (nSPS) is 18.6. The molecule has 1 saturated heterocycles. The molecular formula is C70H121N13O3. The van der Waals surface area contributed by atoms with Gasteiger partial charge in [-0.25, -0.2) is 14.0 Å². The number of benzene rings is 2. The number of aryl methyl sites for hydroxylation is 1. The largest absolute Gasteiger partial charge is 0.312 e. The molecule has 16 heteroatoms. The number of nitrogens with one attached hydrogen (secondary N) is 2. The highest BCUT2D eigenvalue weighted by Crippen LogP contribution is 2.53. The van der Waals surface area contributed by atoms with E-state index >= 15 is 0 Å². The van der Waals surface area contributed by atoms with Gasteiger partial charge in [-0.15, -0.1) is 15.3 Å². The molecule has 86 heavy (non-hydrogen) atoms. The average Bonchev–Trinajstić information content (AvgIpc) is 1.53. The summed E-state index contributed by atoms with van der Waals surface area (Å²) in [7, 11) is 0. The van der Waals surface area contributed by atoms with Crippen LogP contribution in [-0.2, 0) is 55.8 Å². The Balaban J connectivity index is 0.000000410. The molecular weight excluding hydrogens is 1070 g/mol. The molecule has 3 aromatic heterocycles. The summed E-state index contributed by atoms with van der Waals surface area (Å²) in [4.78, 5) is 40.7. The van der Waals surface area contributed by atoms with E-state index in [9.17, 15) is 14.4 Å². The Morgan fingerprint density at radius 1 is 0.593 bits per heavy atom. The predicted octanol–water partition coefficient (Wildman–Crippen LogP) is 15.2. The van der Waals surface area contributed by atoms with Gasteiger partial charge < -0.3 is 15.5 Å². The minimum atomic E-state index is -0.395. The third kappa shape index (κ3) is 19.2. The molecule has 1 saturated carbocycles. The number of amides is 3. The maximum Gasteiger partial charge on any atom is 0.233 e. The third-order valence-corrected chi connectivity index (χ3v) is 15.7. The van der Waals surface area contributed by atoms with Crippen molar-refractivity contribution in [1.82, 2.24) is 60.5 Å². The molecule has 2 aliphatic carbocycles. The molecule has 1 unspecified atom stereocenters. The Kier molecular flexibility index (Phi) is 25.1.